The summed E-state index contributed by atoms with van der Waals surface area (Å²) in [5.41, 5.74) is 2.74. The van der Waals surface area contributed by atoms with Crippen LogP contribution in [0.5, 0.6) is 0 Å². The van der Waals surface area contributed by atoms with Crippen molar-refractivity contribution in [2.75, 3.05) is 19.0 Å². The Morgan fingerprint density at radius 3 is 2.61 bits per heavy atom. The van der Waals surface area contributed by atoms with Crippen LogP contribution < -0.4 is 10.2 Å². The van der Waals surface area contributed by atoms with Crippen LogP contribution in [0.4, 0.5) is 5.95 Å². The number of hydrogen-bond donors (Lipinski definition) is 1. The number of anilines is 1. The summed E-state index contributed by atoms with van der Waals surface area (Å²) in [7, 11) is 3.74. The van der Waals surface area contributed by atoms with E-state index in [2.05, 4.69) is 25.3 Å². The fourth-order valence-corrected chi connectivity index (χ4v) is 2.08. The fraction of sp³-hybridized carbons (Fsp3) is 0.188. The van der Waals surface area contributed by atoms with Crippen LogP contribution in [-0.4, -0.2) is 39.9 Å². The van der Waals surface area contributed by atoms with Gasteiger partial charge in [-0.05, 0) is 24.3 Å². The van der Waals surface area contributed by atoms with Gasteiger partial charge in [-0.2, -0.15) is 0 Å². The maximum Gasteiger partial charge on any atom is 0.251 e. The zero-order valence-electron chi connectivity index (χ0n) is 12.9. The lowest BCUT2D eigenvalue weighted by atomic mass is 10.2. The predicted octanol–water partition coefficient (Wildman–Crippen LogP) is 1.42. The van der Waals surface area contributed by atoms with E-state index in [9.17, 15) is 4.79 Å². The van der Waals surface area contributed by atoms with Gasteiger partial charge in [0.15, 0.2) is 0 Å². The predicted molar refractivity (Wildman–Crippen MR) is 87.1 cm³/mol. The van der Waals surface area contributed by atoms with Crippen molar-refractivity contribution in [3.8, 4) is 0 Å². The van der Waals surface area contributed by atoms with E-state index in [4.69, 9.17) is 0 Å². The molecular weight excluding hydrogens is 292 g/mol. The van der Waals surface area contributed by atoms with Gasteiger partial charge in [0.2, 0.25) is 5.95 Å². The molecule has 0 aliphatic heterocycles. The molecule has 0 unspecified atom stereocenters. The van der Waals surface area contributed by atoms with E-state index in [1.807, 2.05) is 19.0 Å². The highest BCUT2D eigenvalue weighted by Crippen LogP contribution is 2.11. The third-order valence-corrected chi connectivity index (χ3v) is 3.26. The number of amides is 1. The molecule has 116 valence electrons. The van der Waals surface area contributed by atoms with E-state index in [1.165, 1.54) is 0 Å². The molecule has 0 atom stereocenters. The van der Waals surface area contributed by atoms with Gasteiger partial charge < -0.3 is 10.2 Å². The Bertz CT molecular complexity index is 849. The Labute approximate surface area is 133 Å². The minimum absolute atomic E-state index is 0.178. The summed E-state index contributed by atoms with van der Waals surface area (Å²) in [6, 6.07) is 7.02. The molecule has 0 saturated carbocycles. The lowest BCUT2D eigenvalue weighted by Crippen LogP contribution is -2.24. The quantitative estimate of drug-likeness (QED) is 0.784. The van der Waals surface area contributed by atoms with Crippen molar-refractivity contribution in [1.82, 2.24) is 25.3 Å². The molecular formula is C16H16N6O. The SMILES string of the molecule is CN(C)c1nccc(CNC(=O)c2ccc3nccnc3c2)n1. The van der Waals surface area contributed by atoms with Crippen molar-refractivity contribution in [1.29, 1.82) is 0 Å². The first-order valence-corrected chi connectivity index (χ1v) is 7.12. The molecule has 0 saturated heterocycles. The first-order valence-electron chi connectivity index (χ1n) is 7.12. The number of carbonyl (C=O) groups is 1. The third-order valence-electron chi connectivity index (χ3n) is 3.26. The third kappa shape index (κ3) is 3.39. The minimum Gasteiger partial charge on any atom is -0.347 e. The van der Waals surface area contributed by atoms with E-state index in [1.54, 1.807) is 42.9 Å². The number of benzene rings is 1. The molecule has 0 bridgehead atoms. The second-order valence-corrected chi connectivity index (χ2v) is 5.18. The normalized spacial score (nSPS) is 10.5. The molecule has 0 fully saturated rings. The number of nitrogens with one attached hydrogen (secondary N) is 1. The monoisotopic (exact) mass is 308 g/mol. The van der Waals surface area contributed by atoms with Crippen LogP contribution in [-0.2, 0) is 6.54 Å². The van der Waals surface area contributed by atoms with Crippen LogP contribution in [0.15, 0.2) is 42.9 Å². The molecule has 2 heterocycles. The van der Waals surface area contributed by atoms with Gasteiger partial charge in [0.1, 0.15) is 0 Å². The van der Waals surface area contributed by atoms with Crippen LogP contribution in [0.1, 0.15) is 16.1 Å². The second kappa shape index (κ2) is 6.35. The largest absolute Gasteiger partial charge is 0.347 e. The average Bonchev–Trinajstić information content (AvgIpc) is 2.59. The van der Waals surface area contributed by atoms with Crippen molar-refractivity contribution in [3.63, 3.8) is 0 Å². The summed E-state index contributed by atoms with van der Waals surface area (Å²) in [5, 5.41) is 2.85. The summed E-state index contributed by atoms with van der Waals surface area (Å²) in [6.07, 6.45) is 4.91. The Morgan fingerprint density at radius 1 is 1.04 bits per heavy atom. The number of carbonyl (C=O) groups excluding carboxylic acids is 1. The molecule has 23 heavy (non-hydrogen) atoms. The van der Waals surface area contributed by atoms with E-state index < -0.39 is 0 Å². The van der Waals surface area contributed by atoms with E-state index in [0.717, 1.165) is 11.2 Å². The Morgan fingerprint density at radius 2 is 1.83 bits per heavy atom. The van der Waals surface area contributed by atoms with E-state index >= 15 is 0 Å². The highest BCUT2D eigenvalue weighted by molar-refractivity contribution is 5.97. The lowest BCUT2D eigenvalue weighted by Gasteiger charge is -2.11. The van der Waals surface area contributed by atoms with Gasteiger partial charge in [0.05, 0.1) is 23.3 Å². The van der Waals surface area contributed by atoms with Gasteiger partial charge in [-0.1, -0.05) is 0 Å². The van der Waals surface area contributed by atoms with Gasteiger partial charge in [0.25, 0.3) is 5.91 Å². The molecule has 3 rings (SSSR count). The summed E-state index contributed by atoms with van der Waals surface area (Å²) < 4.78 is 0. The van der Waals surface area contributed by atoms with E-state index in [-0.39, 0.29) is 5.91 Å². The van der Waals surface area contributed by atoms with Crippen molar-refractivity contribution in [2.24, 2.45) is 0 Å². The fourth-order valence-electron chi connectivity index (χ4n) is 2.08. The van der Waals surface area contributed by atoms with E-state index in [0.29, 0.717) is 23.6 Å². The molecule has 7 heteroatoms. The van der Waals surface area contributed by atoms with Gasteiger partial charge in [0, 0.05) is 38.2 Å². The Hall–Kier alpha value is -3.09. The molecule has 0 radical (unpaired) electrons. The summed E-state index contributed by atoms with van der Waals surface area (Å²) in [6.45, 7) is 0.334. The minimum atomic E-state index is -0.178. The molecule has 3 aromatic rings. The molecule has 0 aliphatic rings. The topological polar surface area (TPSA) is 83.9 Å². The second-order valence-electron chi connectivity index (χ2n) is 5.18. The molecule has 1 aromatic carbocycles. The molecule has 0 spiro atoms. The molecule has 2 aromatic heterocycles. The van der Waals surface area contributed by atoms with Gasteiger partial charge >= 0.3 is 0 Å². The van der Waals surface area contributed by atoms with Crippen molar-refractivity contribution in [3.05, 3.63) is 54.1 Å². The first kappa shape index (κ1) is 14.8. The van der Waals surface area contributed by atoms with Gasteiger partial charge in [-0.15, -0.1) is 0 Å². The number of rotatable bonds is 4. The average molecular weight is 308 g/mol. The lowest BCUT2D eigenvalue weighted by molar-refractivity contribution is 0.0950. The number of hydrogen-bond acceptors (Lipinski definition) is 6. The van der Waals surface area contributed by atoms with Gasteiger partial charge in [-0.25, -0.2) is 9.97 Å². The number of fused-ring (bicyclic) bond motifs is 1. The highest BCUT2D eigenvalue weighted by atomic mass is 16.1. The molecule has 1 N–H and O–H groups in total. The van der Waals surface area contributed by atoms with Crippen LogP contribution in [0.25, 0.3) is 11.0 Å². The molecule has 1 amide bonds. The van der Waals surface area contributed by atoms with Crippen LogP contribution in [0.3, 0.4) is 0 Å². The van der Waals surface area contributed by atoms with Crippen molar-refractivity contribution >= 4 is 22.9 Å². The summed E-state index contributed by atoms with van der Waals surface area (Å²) >= 11 is 0. The first-order chi connectivity index (χ1) is 11.1. The van der Waals surface area contributed by atoms with Gasteiger partial charge in [-0.3, -0.25) is 14.8 Å². The number of aromatic nitrogens is 4. The number of nitrogens with zero attached hydrogens (tertiary/aromatic N) is 5. The Balaban J connectivity index is 1.72. The standard InChI is InChI=1S/C16H16N6O/c1-22(2)16-19-6-5-12(21-16)10-20-15(23)11-3-4-13-14(9-11)18-8-7-17-13/h3-9H,10H2,1-2H3,(H,20,23). The maximum atomic E-state index is 12.3. The highest BCUT2D eigenvalue weighted by Gasteiger charge is 2.08. The molecule has 7 nitrogen and oxygen atoms in total. The van der Waals surface area contributed by atoms with Crippen molar-refractivity contribution in [2.45, 2.75) is 6.54 Å². The summed E-state index contributed by atoms with van der Waals surface area (Å²) in [4.78, 5) is 31.0. The van der Waals surface area contributed by atoms with Crippen molar-refractivity contribution < 1.29 is 4.79 Å². The Kier molecular flexibility index (Phi) is 4.09. The zero-order valence-corrected chi connectivity index (χ0v) is 12.9. The molecule has 0 aliphatic carbocycles. The zero-order chi connectivity index (χ0) is 16.2. The van der Waals surface area contributed by atoms with Crippen LogP contribution in [0, 0.1) is 0 Å². The smallest absolute Gasteiger partial charge is 0.251 e. The summed E-state index contributed by atoms with van der Waals surface area (Å²) in [5.74, 6) is 0.431. The maximum absolute atomic E-state index is 12.3. The van der Waals surface area contributed by atoms with Crippen LogP contribution in [0.2, 0.25) is 0 Å². The van der Waals surface area contributed by atoms with Crippen LogP contribution >= 0.6 is 0 Å².